The molecule has 0 unspecified atom stereocenters. The van der Waals surface area contributed by atoms with Crippen LogP contribution >= 0.6 is 12.4 Å². The highest BCUT2D eigenvalue weighted by Gasteiger charge is 2.34. The van der Waals surface area contributed by atoms with Crippen molar-refractivity contribution in [2.24, 2.45) is 0 Å². The van der Waals surface area contributed by atoms with E-state index in [2.05, 4.69) is 5.32 Å². The molecule has 24 heavy (non-hydrogen) atoms. The minimum Gasteiger partial charge on any atom is -0.314 e. The highest BCUT2D eigenvalue weighted by molar-refractivity contribution is 5.85. The molecule has 0 bridgehead atoms. The van der Waals surface area contributed by atoms with Crippen molar-refractivity contribution in [2.45, 2.75) is 31.2 Å². The van der Waals surface area contributed by atoms with E-state index in [-0.39, 0.29) is 24.4 Å². The predicted molar refractivity (Wildman–Crippen MR) is 81.2 cm³/mol. The van der Waals surface area contributed by atoms with E-state index in [1.54, 1.807) is 0 Å². The van der Waals surface area contributed by atoms with Crippen molar-refractivity contribution in [1.29, 1.82) is 0 Å². The quantitative estimate of drug-likeness (QED) is 0.783. The molecule has 1 saturated heterocycles. The van der Waals surface area contributed by atoms with Crippen molar-refractivity contribution in [3.63, 3.8) is 0 Å². The molecule has 0 radical (unpaired) electrons. The average Bonchev–Trinajstić information content (AvgIpc) is 2.47. The third-order valence-corrected chi connectivity index (χ3v) is 3.89. The van der Waals surface area contributed by atoms with Crippen molar-refractivity contribution in [2.75, 3.05) is 26.2 Å². The Labute approximate surface area is 142 Å². The van der Waals surface area contributed by atoms with Crippen molar-refractivity contribution in [3.8, 4) is 0 Å². The van der Waals surface area contributed by atoms with Crippen LogP contribution in [-0.2, 0) is 6.18 Å². The molecule has 2 nitrogen and oxygen atoms in total. The largest absolute Gasteiger partial charge is 0.416 e. The van der Waals surface area contributed by atoms with Gasteiger partial charge in [0.1, 0.15) is 0 Å². The van der Waals surface area contributed by atoms with Crippen molar-refractivity contribution >= 4 is 12.4 Å². The van der Waals surface area contributed by atoms with Gasteiger partial charge in [-0.1, -0.05) is 12.1 Å². The molecule has 1 aliphatic heterocycles. The number of rotatable bonds is 4. The lowest BCUT2D eigenvalue weighted by atomic mass is 9.97. The minimum absolute atomic E-state index is 0. The van der Waals surface area contributed by atoms with Crippen LogP contribution in [0.4, 0.5) is 26.3 Å². The Morgan fingerprint density at radius 1 is 1.04 bits per heavy atom. The second kappa shape index (κ2) is 8.40. The summed E-state index contributed by atoms with van der Waals surface area (Å²) in [5.41, 5.74) is -0.548. The fourth-order valence-corrected chi connectivity index (χ4v) is 2.78. The smallest absolute Gasteiger partial charge is 0.314 e. The number of piperazine rings is 1. The summed E-state index contributed by atoms with van der Waals surface area (Å²) in [5.74, 6) is 0. The SMILES string of the molecule is Cl.FC(F)(F)CC[C@@H](c1cccc(C(F)(F)F)c1)N1CCNCC1. The zero-order valence-electron chi connectivity index (χ0n) is 12.8. The Kier molecular flexibility index (Phi) is 7.37. The summed E-state index contributed by atoms with van der Waals surface area (Å²) >= 11 is 0. The molecule has 0 saturated carbocycles. The van der Waals surface area contributed by atoms with Gasteiger partial charge < -0.3 is 5.32 Å². The Balaban J connectivity index is 0.00000288. The zero-order chi connectivity index (χ0) is 17.1. The van der Waals surface area contributed by atoms with E-state index in [1.165, 1.54) is 12.1 Å². The highest BCUT2D eigenvalue weighted by Crippen LogP contribution is 2.35. The van der Waals surface area contributed by atoms with E-state index in [0.717, 1.165) is 12.1 Å². The molecule has 1 aliphatic rings. The molecule has 138 valence electrons. The van der Waals surface area contributed by atoms with Crippen LogP contribution in [0.5, 0.6) is 0 Å². The number of hydrogen-bond acceptors (Lipinski definition) is 2. The summed E-state index contributed by atoms with van der Waals surface area (Å²) in [4.78, 5) is 1.82. The van der Waals surface area contributed by atoms with E-state index in [1.807, 2.05) is 4.90 Å². The first-order chi connectivity index (χ1) is 10.7. The monoisotopic (exact) mass is 376 g/mol. The molecule has 0 spiro atoms. The van der Waals surface area contributed by atoms with E-state index >= 15 is 0 Å². The number of halogens is 7. The van der Waals surface area contributed by atoms with Crippen LogP contribution in [0.25, 0.3) is 0 Å². The van der Waals surface area contributed by atoms with Crippen LogP contribution in [0, 0.1) is 0 Å². The number of nitrogens with one attached hydrogen (secondary N) is 1. The van der Waals surface area contributed by atoms with Crippen LogP contribution in [0.2, 0.25) is 0 Å². The molecular weight excluding hydrogens is 358 g/mol. The van der Waals surface area contributed by atoms with E-state index in [9.17, 15) is 26.3 Å². The third-order valence-electron chi connectivity index (χ3n) is 3.89. The fourth-order valence-electron chi connectivity index (χ4n) is 2.78. The maximum Gasteiger partial charge on any atom is 0.416 e. The van der Waals surface area contributed by atoms with Gasteiger partial charge in [-0.15, -0.1) is 12.4 Å². The highest BCUT2D eigenvalue weighted by atomic mass is 35.5. The second-order valence-electron chi connectivity index (χ2n) is 5.58. The van der Waals surface area contributed by atoms with Crippen LogP contribution in [0.3, 0.4) is 0 Å². The maximum absolute atomic E-state index is 12.8. The molecule has 0 aliphatic carbocycles. The molecule has 0 amide bonds. The molecule has 1 aromatic carbocycles. The van der Waals surface area contributed by atoms with Crippen LogP contribution in [0.15, 0.2) is 24.3 Å². The molecule has 1 N–H and O–H groups in total. The molecule has 1 fully saturated rings. The number of alkyl halides is 6. The van der Waals surface area contributed by atoms with Gasteiger partial charge in [-0.2, -0.15) is 26.3 Å². The van der Waals surface area contributed by atoms with Gasteiger partial charge in [0.2, 0.25) is 0 Å². The summed E-state index contributed by atoms with van der Waals surface area (Å²) in [6.07, 6.45) is -10.1. The van der Waals surface area contributed by atoms with Crippen LogP contribution in [-0.4, -0.2) is 37.3 Å². The average molecular weight is 377 g/mol. The zero-order valence-corrected chi connectivity index (χ0v) is 13.6. The van der Waals surface area contributed by atoms with Crippen molar-refractivity contribution in [1.82, 2.24) is 10.2 Å². The van der Waals surface area contributed by atoms with E-state index in [4.69, 9.17) is 0 Å². The molecule has 2 rings (SSSR count). The lowest BCUT2D eigenvalue weighted by molar-refractivity contribution is -0.140. The molecule has 1 heterocycles. The molecule has 1 atom stereocenters. The standard InChI is InChI=1S/C15H18F6N2.ClH/c16-14(17,18)5-4-13(23-8-6-22-7-9-23)11-2-1-3-12(10-11)15(19,20)21;/h1-3,10,13,22H,4-9H2;1H/t13-;/m0./s1. The Morgan fingerprint density at radius 2 is 1.67 bits per heavy atom. The van der Waals surface area contributed by atoms with E-state index in [0.29, 0.717) is 26.2 Å². The van der Waals surface area contributed by atoms with Crippen LogP contribution in [0.1, 0.15) is 30.0 Å². The summed E-state index contributed by atoms with van der Waals surface area (Å²) in [6, 6.07) is 3.95. The third kappa shape index (κ3) is 6.14. The van der Waals surface area contributed by atoms with Gasteiger partial charge in [0, 0.05) is 38.6 Å². The maximum atomic E-state index is 12.8. The van der Waals surface area contributed by atoms with Crippen LogP contribution < -0.4 is 5.32 Å². The Morgan fingerprint density at radius 3 is 2.21 bits per heavy atom. The van der Waals surface area contributed by atoms with Gasteiger partial charge in [0.25, 0.3) is 0 Å². The first kappa shape index (κ1) is 21.1. The Bertz CT molecular complexity index is 511. The fraction of sp³-hybridized carbons (Fsp3) is 0.600. The minimum atomic E-state index is -4.51. The summed E-state index contributed by atoms with van der Waals surface area (Å²) in [7, 11) is 0. The van der Waals surface area contributed by atoms with E-state index < -0.39 is 30.4 Å². The van der Waals surface area contributed by atoms with Gasteiger partial charge in [0.15, 0.2) is 0 Å². The summed E-state index contributed by atoms with van der Waals surface area (Å²) in [5, 5.41) is 3.09. The lowest BCUT2D eigenvalue weighted by Crippen LogP contribution is -2.45. The number of hydrogen-bond donors (Lipinski definition) is 1. The first-order valence-electron chi connectivity index (χ1n) is 7.35. The van der Waals surface area contributed by atoms with Crippen molar-refractivity contribution in [3.05, 3.63) is 35.4 Å². The normalized spacial score (nSPS) is 18.1. The molecular formula is C15H19ClF6N2. The van der Waals surface area contributed by atoms with Gasteiger partial charge in [0.05, 0.1) is 5.56 Å². The predicted octanol–water partition coefficient (Wildman–Crippen LogP) is 4.42. The topological polar surface area (TPSA) is 15.3 Å². The van der Waals surface area contributed by atoms with Crippen molar-refractivity contribution < 1.29 is 26.3 Å². The van der Waals surface area contributed by atoms with Gasteiger partial charge in [-0.3, -0.25) is 4.90 Å². The summed E-state index contributed by atoms with van der Waals surface area (Å²) < 4.78 is 76.2. The van der Waals surface area contributed by atoms with Gasteiger partial charge >= 0.3 is 12.4 Å². The number of nitrogens with zero attached hydrogens (tertiary/aromatic N) is 1. The first-order valence-corrected chi connectivity index (χ1v) is 7.35. The second-order valence-corrected chi connectivity index (χ2v) is 5.58. The van der Waals surface area contributed by atoms with Gasteiger partial charge in [-0.05, 0) is 24.1 Å². The lowest BCUT2D eigenvalue weighted by Gasteiger charge is -2.35. The molecule has 0 aromatic heterocycles. The number of benzene rings is 1. The molecule has 1 aromatic rings. The Hall–Kier alpha value is -0.990. The van der Waals surface area contributed by atoms with Gasteiger partial charge in [-0.25, -0.2) is 0 Å². The molecule has 9 heteroatoms. The summed E-state index contributed by atoms with van der Waals surface area (Å²) in [6.45, 7) is 2.25.